The molecule has 7 nitrogen and oxygen atoms in total. The molecule has 0 aliphatic carbocycles. The van der Waals surface area contributed by atoms with E-state index < -0.39 is 0 Å². The van der Waals surface area contributed by atoms with Crippen molar-refractivity contribution in [3.8, 4) is 22.5 Å². The van der Waals surface area contributed by atoms with Crippen molar-refractivity contribution in [3.63, 3.8) is 0 Å². The molecule has 1 saturated heterocycles. The smallest absolute Gasteiger partial charge is 0.149 e. The quantitative estimate of drug-likeness (QED) is 0.536. The molecule has 158 valence electrons. The lowest BCUT2D eigenvalue weighted by atomic mass is 10.1. The van der Waals surface area contributed by atoms with E-state index in [2.05, 4.69) is 24.4 Å². The Bertz CT molecular complexity index is 1220. The van der Waals surface area contributed by atoms with Crippen LogP contribution in [-0.4, -0.2) is 57.3 Å². The van der Waals surface area contributed by atoms with Gasteiger partial charge < -0.3 is 15.0 Å². The molecule has 0 radical (unpaired) electrons. The molecule has 5 rings (SSSR count). The molecule has 1 aliphatic rings. The van der Waals surface area contributed by atoms with Gasteiger partial charge in [-0.15, -0.1) is 0 Å². The Morgan fingerprint density at radius 2 is 1.90 bits per heavy atom. The molecule has 1 fully saturated rings. The summed E-state index contributed by atoms with van der Waals surface area (Å²) in [5.74, 6) is 0.0330. The molecule has 0 bridgehead atoms. The van der Waals surface area contributed by atoms with Crippen molar-refractivity contribution < 1.29 is 9.13 Å². The van der Waals surface area contributed by atoms with Gasteiger partial charge in [-0.1, -0.05) is 12.1 Å². The minimum Gasteiger partial charge on any atom is -0.382 e. The fourth-order valence-corrected chi connectivity index (χ4v) is 3.85. The van der Waals surface area contributed by atoms with E-state index in [9.17, 15) is 4.39 Å². The number of nitrogens with zero attached hydrogens (tertiary/aromatic N) is 5. The number of pyridine rings is 2. The van der Waals surface area contributed by atoms with Crippen LogP contribution < -0.4 is 5.73 Å². The largest absolute Gasteiger partial charge is 0.382 e. The first-order valence-electron chi connectivity index (χ1n) is 10.3. The third-order valence-corrected chi connectivity index (χ3v) is 5.57. The number of hydrogen-bond acceptors (Lipinski definition) is 6. The summed E-state index contributed by atoms with van der Waals surface area (Å²) in [7, 11) is 0. The first-order valence-corrected chi connectivity index (χ1v) is 10.3. The molecule has 31 heavy (non-hydrogen) atoms. The van der Waals surface area contributed by atoms with E-state index in [-0.39, 0.29) is 5.82 Å². The van der Waals surface area contributed by atoms with E-state index in [4.69, 9.17) is 10.5 Å². The number of imidazole rings is 1. The van der Waals surface area contributed by atoms with Gasteiger partial charge in [0, 0.05) is 55.1 Å². The Morgan fingerprint density at radius 3 is 2.74 bits per heavy atom. The summed E-state index contributed by atoms with van der Waals surface area (Å²) < 4.78 is 21.1. The van der Waals surface area contributed by atoms with Crippen molar-refractivity contribution in [2.24, 2.45) is 0 Å². The summed E-state index contributed by atoms with van der Waals surface area (Å²) in [6.45, 7) is 5.33. The zero-order valence-electron chi connectivity index (χ0n) is 17.0. The summed E-state index contributed by atoms with van der Waals surface area (Å²) in [6, 6.07) is 10.2. The second-order valence-corrected chi connectivity index (χ2v) is 7.61. The van der Waals surface area contributed by atoms with Gasteiger partial charge in [-0.25, -0.2) is 19.3 Å². The number of rotatable bonds is 5. The molecule has 4 heterocycles. The Labute approximate surface area is 179 Å². The molecule has 1 aliphatic heterocycles. The summed E-state index contributed by atoms with van der Waals surface area (Å²) in [5.41, 5.74) is 9.74. The van der Waals surface area contributed by atoms with Gasteiger partial charge >= 0.3 is 0 Å². The number of aromatic nitrogens is 4. The lowest BCUT2D eigenvalue weighted by molar-refractivity contribution is 0.0364. The molecule has 1 aromatic carbocycles. The highest BCUT2D eigenvalue weighted by Crippen LogP contribution is 2.31. The highest BCUT2D eigenvalue weighted by Gasteiger charge is 2.14. The zero-order valence-corrected chi connectivity index (χ0v) is 17.0. The average Bonchev–Trinajstić information content (AvgIpc) is 3.27. The normalized spacial score (nSPS) is 14.9. The summed E-state index contributed by atoms with van der Waals surface area (Å²) in [6.07, 6.45) is 5.59. The summed E-state index contributed by atoms with van der Waals surface area (Å²) in [4.78, 5) is 16.0. The van der Waals surface area contributed by atoms with Gasteiger partial charge in [0.1, 0.15) is 17.2 Å². The number of hydrogen-bond donors (Lipinski definition) is 1. The second-order valence-electron chi connectivity index (χ2n) is 7.61. The number of halogens is 1. The fourth-order valence-electron chi connectivity index (χ4n) is 3.85. The van der Waals surface area contributed by atoms with Crippen LogP contribution in [0.4, 0.5) is 10.2 Å². The standard InChI is InChI=1S/C23H23FN6O/c24-17-3-1-2-16(12-17)20-5-4-18-19(13-26-23(25)22(18)28-20)21-14-30(15-27-21)7-6-29-8-10-31-11-9-29/h1-5,12-15H,6-11H2,(H2,25,26). The number of nitrogens with two attached hydrogens (primary N) is 1. The fraction of sp³-hybridized carbons (Fsp3) is 0.261. The van der Waals surface area contributed by atoms with Crippen molar-refractivity contribution in [1.82, 2.24) is 24.4 Å². The van der Waals surface area contributed by atoms with E-state index in [0.717, 1.165) is 56.0 Å². The predicted molar refractivity (Wildman–Crippen MR) is 118 cm³/mol. The third kappa shape index (κ3) is 4.12. The van der Waals surface area contributed by atoms with Crippen molar-refractivity contribution in [3.05, 3.63) is 60.9 Å². The van der Waals surface area contributed by atoms with Gasteiger partial charge in [0.2, 0.25) is 0 Å². The van der Waals surface area contributed by atoms with Crippen LogP contribution in [0.3, 0.4) is 0 Å². The Balaban J connectivity index is 1.44. The predicted octanol–water partition coefficient (Wildman–Crippen LogP) is 3.21. The Morgan fingerprint density at radius 1 is 1.03 bits per heavy atom. The van der Waals surface area contributed by atoms with E-state index in [1.54, 1.807) is 12.3 Å². The highest BCUT2D eigenvalue weighted by atomic mass is 19.1. The van der Waals surface area contributed by atoms with Crippen LogP contribution in [0, 0.1) is 5.82 Å². The second kappa shape index (κ2) is 8.41. The van der Waals surface area contributed by atoms with Gasteiger partial charge in [-0.05, 0) is 24.3 Å². The third-order valence-electron chi connectivity index (χ3n) is 5.57. The minimum absolute atomic E-state index is 0.304. The molecule has 0 atom stereocenters. The number of morpholine rings is 1. The zero-order chi connectivity index (χ0) is 21.2. The number of benzene rings is 1. The van der Waals surface area contributed by atoms with Crippen molar-refractivity contribution in [2.45, 2.75) is 6.54 Å². The maximum Gasteiger partial charge on any atom is 0.149 e. The molecule has 0 amide bonds. The van der Waals surface area contributed by atoms with Crippen LogP contribution in [0.2, 0.25) is 0 Å². The number of ether oxygens (including phenoxy) is 1. The van der Waals surface area contributed by atoms with Crippen LogP contribution in [0.5, 0.6) is 0 Å². The Hall–Kier alpha value is -3.36. The molecule has 2 N–H and O–H groups in total. The maximum absolute atomic E-state index is 13.6. The molecule has 8 heteroatoms. The molecule has 3 aromatic heterocycles. The van der Waals surface area contributed by atoms with Crippen molar-refractivity contribution >= 4 is 16.7 Å². The molecular formula is C23H23FN6O. The summed E-state index contributed by atoms with van der Waals surface area (Å²) in [5, 5.41) is 0.867. The lowest BCUT2D eigenvalue weighted by Gasteiger charge is -2.26. The van der Waals surface area contributed by atoms with Gasteiger partial charge in [0.15, 0.2) is 0 Å². The van der Waals surface area contributed by atoms with Crippen molar-refractivity contribution in [2.75, 3.05) is 38.6 Å². The van der Waals surface area contributed by atoms with Crippen molar-refractivity contribution in [1.29, 1.82) is 0 Å². The molecule has 0 spiro atoms. The van der Waals surface area contributed by atoms with Gasteiger partial charge in [0.05, 0.1) is 30.9 Å². The SMILES string of the molecule is Nc1ncc(-c2cn(CCN3CCOCC3)cn2)c2ccc(-c3cccc(F)c3)nc12. The highest BCUT2D eigenvalue weighted by molar-refractivity contribution is 5.99. The summed E-state index contributed by atoms with van der Waals surface area (Å²) >= 11 is 0. The van der Waals surface area contributed by atoms with Crippen LogP contribution in [0.1, 0.15) is 0 Å². The molecular weight excluding hydrogens is 395 g/mol. The van der Waals surface area contributed by atoms with E-state index in [0.29, 0.717) is 22.6 Å². The minimum atomic E-state index is -0.304. The Kier molecular flexibility index (Phi) is 5.31. The van der Waals surface area contributed by atoms with Crippen LogP contribution in [0.25, 0.3) is 33.4 Å². The van der Waals surface area contributed by atoms with Crippen LogP contribution in [0.15, 0.2) is 55.1 Å². The average molecular weight is 418 g/mol. The topological polar surface area (TPSA) is 82.1 Å². The number of nitrogen functional groups attached to an aromatic ring is 1. The van der Waals surface area contributed by atoms with E-state index in [1.807, 2.05) is 30.7 Å². The monoisotopic (exact) mass is 418 g/mol. The lowest BCUT2D eigenvalue weighted by Crippen LogP contribution is -2.38. The van der Waals surface area contributed by atoms with Gasteiger partial charge in [0.25, 0.3) is 0 Å². The van der Waals surface area contributed by atoms with E-state index in [1.165, 1.54) is 12.1 Å². The molecule has 0 saturated carbocycles. The molecule has 4 aromatic rings. The van der Waals surface area contributed by atoms with Crippen LogP contribution in [-0.2, 0) is 11.3 Å². The van der Waals surface area contributed by atoms with Gasteiger partial charge in [-0.2, -0.15) is 0 Å². The van der Waals surface area contributed by atoms with Crippen LogP contribution >= 0.6 is 0 Å². The first kappa shape index (κ1) is 19.6. The maximum atomic E-state index is 13.6. The van der Waals surface area contributed by atoms with Gasteiger partial charge in [-0.3, -0.25) is 4.90 Å². The molecule has 0 unspecified atom stereocenters. The van der Waals surface area contributed by atoms with E-state index >= 15 is 0 Å². The number of anilines is 1. The first-order chi connectivity index (χ1) is 15.2. The number of fused-ring (bicyclic) bond motifs is 1.